The smallest absolute Gasteiger partial charge is 0.314 e. The summed E-state index contributed by atoms with van der Waals surface area (Å²) in [5.74, 6) is -1.11. The number of hydrogen-bond donors (Lipinski definition) is 2. The molecule has 1 aromatic carbocycles. The summed E-state index contributed by atoms with van der Waals surface area (Å²) in [5.41, 5.74) is 6.34. The third-order valence-electron chi connectivity index (χ3n) is 3.83. The highest BCUT2D eigenvalue weighted by molar-refractivity contribution is 5.83. The van der Waals surface area contributed by atoms with Crippen LogP contribution in [-0.2, 0) is 19.1 Å². The minimum absolute atomic E-state index is 0.0544. The van der Waals surface area contributed by atoms with Gasteiger partial charge in [0.25, 0.3) is 0 Å². The van der Waals surface area contributed by atoms with Crippen LogP contribution in [0.1, 0.15) is 24.3 Å². The van der Waals surface area contributed by atoms with Crippen molar-refractivity contribution in [2.24, 2.45) is 5.73 Å². The summed E-state index contributed by atoms with van der Waals surface area (Å²) in [5, 5.41) is 2.78. The number of methoxy groups -OCH3 is 1. The molecule has 22 heavy (non-hydrogen) atoms. The third-order valence-corrected chi connectivity index (χ3v) is 3.83. The Morgan fingerprint density at radius 1 is 1.36 bits per heavy atom. The first-order chi connectivity index (χ1) is 10.7. The fourth-order valence-electron chi connectivity index (χ4n) is 2.55. The van der Waals surface area contributed by atoms with Crippen LogP contribution in [0.25, 0.3) is 0 Å². The maximum absolute atomic E-state index is 12.1. The van der Waals surface area contributed by atoms with Crippen LogP contribution in [-0.4, -0.2) is 44.3 Å². The van der Waals surface area contributed by atoms with Gasteiger partial charge in [-0.15, -0.1) is 0 Å². The van der Waals surface area contributed by atoms with Gasteiger partial charge in [0.2, 0.25) is 5.91 Å². The molecule has 1 aromatic rings. The van der Waals surface area contributed by atoms with E-state index in [2.05, 4.69) is 5.32 Å². The zero-order valence-corrected chi connectivity index (χ0v) is 12.7. The molecular weight excluding hydrogens is 284 g/mol. The van der Waals surface area contributed by atoms with Crippen LogP contribution >= 0.6 is 0 Å². The average Bonchev–Trinajstić information content (AvgIpc) is 3.04. The van der Waals surface area contributed by atoms with Crippen LogP contribution in [0.2, 0.25) is 0 Å². The van der Waals surface area contributed by atoms with Crippen molar-refractivity contribution in [1.29, 1.82) is 0 Å². The highest BCUT2D eigenvalue weighted by Crippen LogP contribution is 2.20. The quantitative estimate of drug-likeness (QED) is 0.750. The van der Waals surface area contributed by atoms with Gasteiger partial charge in [0.15, 0.2) is 0 Å². The molecule has 0 bridgehead atoms. The molecule has 1 aliphatic heterocycles. The average molecular weight is 306 g/mol. The minimum atomic E-state index is -0.526. The summed E-state index contributed by atoms with van der Waals surface area (Å²) in [6, 6.07) is 9.24. The van der Waals surface area contributed by atoms with Crippen LogP contribution in [0.4, 0.5) is 0 Å². The van der Waals surface area contributed by atoms with E-state index < -0.39 is 12.0 Å². The number of nitrogens with two attached hydrogens (primary N) is 1. The summed E-state index contributed by atoms with van der Waals surface area (Å²) >= 11 is 0. The number of carbonyl (C=O) groups excluding carboxylic acids is 2. The van der Waals surface area contributed by atoms with Gasteiger partial charge in [-0.2, -0.15) is 0 Å². The first-order valence-corrected chi connectivity index (χ1v) is 7.41. The Balaban J connectivity index is 1.94. The molecule has 1 heterocycles. The zero-order chi connectivity index (χ0) is 15.9. The number of ether oxygens (including phenoxy) is 2. The van der Waals surface area contributed by atoms with E-state index in [1.54, 1.807) is 0 Å². The fourth-order valence-corrected chi connectivity index (χ4v) is 2.55. The Hall–Kier alpha value is -1.92. The monoisotopic (exact) mass is 306 g/mol. The second-order valence-electron chi connectivity index (χ2n) is 5.29. The Labute approximate surface area is 130 Å². The van der Waals surface area contributed by atoms with Gasteiger partial charge in [0.1, 0.15) is 6.10 Å². The molecule has 0 saturated carbocycles. The van der Waals surface area contributed by atoms with E-state index in [-0.39, 0.29) is 24.5 Å². The summed E-state index contributed by atoms with van der Waals surface area (Å²) in [4.78, 5) is 24.0. The molecule has 0 spiro atoms. The van der Waals surface area contributed by atoms with Crippen molar-refractivity contribution in [2.45, 2.75) is 31.0 Å². The number of benzene rings is 1. The maximum atomic E-state index is 12.1. The molecule has 2 rings (SSSR count). The van der Waals surface area contributed by atoms with Crippen LogP contribution in [0.3, 0.4) is 0 Å². The molecule has 0 aliphatic carbocycles. The molecule has 6 nitrogen and oxygen atoms in total. The number of amides is 1. The van der Waals surface area contributed by atoms with E-state index in [1.165, 1.54) is 7.11 Å². The molecule has 0 radical (unpaired) electrons. The van der Waals surface area contributed by atoms with Crippen molar-refractivity contribution >= 4 is 11.9 Å². The summed E-state index contributed by atoms with van der Waals surface area (Å²) in [7, 11) is 1.34. The lowest BCUT2D eigenvalue weighted by Gasteiger charge is -2.18. The van der Waals surface area contributed by atoms with Gasteiger partial charge in [-0.1, -0.05) is 30.3 Å². The molecule has 6 heteroatoms. The lowest BCUT2D eigenvalue weighted by atomic mass is 9.99. The first kappa shape index (κ1) is 16.5. The van der Waals surface area contributed by atoms with Gasteiger partial charge in [0.05, 0.1) is 19.1 Å². The van der Waals surface area contributed by atoms with E-state index >= 15 is 0 Å². The van der Waals surface area contributed by atoms with Gasteiger partial charge >= 0.3 is 5.97 Å². The van der Waals surface area contributed by atoms with Crippen molar-refractivity contribution in [2.75, 3.05) is 20.2 Å². The second kappa shape index (κ2) is 7.91. The van der Waals surface area contributed by atoms with Crippen LogP contribution in [0.5, 0.6) is 0 Å². The lowest BCUT2D eigenvalue weighted by molar-refractivity contribution is -0.142. The molecule has 1 aliphatic rings. The van der Waals surface area contributed by atoms with E-state index in [0.717, 1.165) is 12.0 Å². The van der Waals surface area contributed by atoms with Crippen molar-refractivity contribution in [3.63, 3.8) is 0 Å². The summed E-state index contributed by atoms with van der Waals surface area (Å²) < 4.78 is 10.4. The molecule has 0 aromatic heterocycles. The number of rotatable bonds is 6. The van der Waals surface area contributed by atoms with Crippen LogP contribution < -0.4 is 11.1 Å². The van der Waals surface area contributed by atoms with Gasteiger partial charge < -0.3 is 20.5 Å². The number of nitrogens with one attached hydrogen (secondary N) is 1. The van der Waals surface area contributed by atoms with Crippen molar-refractivity contribution in [3.8, 4) is 0 Å². The second-order valence-corrected chi connectivity index (χ2v) is 5.29. The van der Waals surface area contributed by atoms with Gasteiger partial charge in [0, 0.05) is 13.1 Å². The fraction of sp³-hybridized carbons (Fsp3) is 0.500. The van der Waals surface area contributed by atoms with Crippen molar-refractivity contribution < 1.29 is 19.1 Å². The predicted molar refractivity (Wildman–Crippen MR) is 81.2 cm³/mol. The molecule has 1 unspecified atom stereocenters. The highest BCUT2D eigenvalue weighted by Gasteiger charge is 2.31. The minimum Gasteiger partial charge on any atom is -0.468 e. The largest absolute Gasteiger partial charge is 0.468 e. The molecule has 3 N–H and O–H groups in total. The molecule has 1 saturated heterocycles. The standard InChI is InChI=1S/C16H22N2O4/c1-21-16(20)13(11-5-3-2-4-6-11)10-18-15(19)14-8-7-12(9-17)22-14/h2-6,12-14H,7-10,17H2,1H3,(H,18,19)/t12-,13?,14+/m1/s1. The molecule has 1 fully saturated rings. The van der Waals surface area contributed by atoms with Crippen molar-refractivity contribution in [3.05, 3.63) is 35.9 Å². The Morgan fingerprint density at radius 2 is 2.09 bits per heavy atom. The maximum Gasteiger partial charge on any atom is 0.314 e. The topological polar surface area (TPSA) is 90.7 Å². The Morgan fingerprint density at radius 3 is 2.68 bits per heavy atom. The van der Waals surface area contributed by atoms with E-state index in [1.807, 2.05) is 30.3 Å². The molecular formula is C16H22N2O4. The zero-order valence-electron chi connectivity index (χ0n) is 12.7. The Kier molecular flexibility index (Phi) is 5.91. The van der Waals surface area contributed by atoms with E-state index in [0.29, 0.717) is 13.0 Å². The predicted octanol–water partition coefficient (Wildman–Crippen LogP) is 0.566. The number of carbonyl (C=O) groups is 2. The normalized spacial score (nSPS) is 22.1. The van der Waals surface area contributed by atoms with Gasteiger partial charge in [-0.05, 0) is 18.4 Å². The number of hydrogen-bond acceptors (Lipinski definition) is 5. The van der Waals surface area contributed by atoms with Crippen LogP contribution in [0.15, 0.2) is 30.3 Å². The molecule has 3 atom stereocenters. The summed E-state index contributed by atoms with van der Waals surface area (Å²) in [6.45, 7) is 0.598. The van der Waals surface area contributed by atoms with Crippen molar-refractivity contribution in [1.82, 2.24) is 5.32 Å². The molecule has 120 valence electrons. The van der Waals surface area contributed by atoms with E-state index in [4.69, 9.17) is 15.2 Å². The van der Waals surface area contributed by atoms with Gasteiger partial charge in [-0.3, -0.25) is 9.59 Å². The van der Waals surface area contributed by atoms with E-state index in [9.17, 15) is 9.59 Å². The van der Waals surface area contributed by atoms with Gasteiger partial charge in [-0.25, -0.2) is 0 Å². The highest BCUT2D eigenvalue weighted by atomic mass is 16.5. The first-order valence-electron chi connectivity index (χ1n) is 7.41. The van der Waals surface area contributed by atoms with Crippen LogP contribution in [0, 0.1) is 0 Å². The Bertz CT molecular complexity index is 506. The molecule has 1 amide bonds. The summed E-state index contributed by atoms with van der Waals surface area (Å²) in [6.07, 6.45) is 0.902. The number of esters is 1. The lowest BCUT2D eigenvalue weighted by Crippen LogP contribution is -2.39. The SMILES string of the molecule is COC(=O)C(CNC(=O)[C@@H]1CC[C@H](CN)O1)c1ccccc1. The third kappa shape index (κ3) is 4.05.